The highest BCUT2D eigenvalue weighted by molar-refractivity contribution is 5.73. The molecular formula is C6H9F3N2O2. The second-order valence-electron chi connectivity index (χ2n) is 2.07. The highest BCUT2D eigenvalue weighted by atomic mass is 19.4. The maximum Gasteiger partial charge on any atom is 0.490 e. The Kier molecular flexibility index (Phi) is 6.85. The number of nitrogens with two attached hydrogens (primary N) is 1. The summed E-state index contributed by atoms with van der Waals surface area (Å²) in [6.45, 7) is 2.26. The fraction of sp³-hybridized carbons (Fsp3) is 0.667. The van der Waals surface area contributed by atoms with Crippen LogP contribution in [0.1, 0.15) is 6.92 Å². The fourth-order valence-corrected chi connectivity index (χ4v) is 0.0527. The van der Waals surface area contributed by atoms with Crippen molar-refractivity contribution in [2.75, 3.05) is 6.54 Å². The molecule has 76 valence electrons. The van der Waals surface area contributed by atoms with Crippen molar-refractivity contribution in [1.29, 1.82) is 5.26 Å². The summed E-state index contributed by atoms with van der Waals surface area (Å²) < 4.78 is 31.7. The van der Waals surface area contributed by atoms with Crippen LogP contribution in [0.25, 0.3) is 0 Å². The van der Waals surface area contributed by atoms with Crippen LogP contribution in [-0.4, -0.2) is 23.8 Å². The number of carbonyl (C=O) groups is 1. The van der Waals surface area contributed by atoms with E-state index in [1.54, 1.807) is 6.92 Å². The van der Waals surface area contributed by atoms with E-state index < -0.39 is 12.1 Å². The SMILES string of the molecule is C[C@@H](C#N)CN.O=C(O)C(F)(F)F. The van der Waals surface area contributed by atoms with E-state index in [1.165, 1.54) is 0 Å². The van der Waals surface area contributed by atoms with Crippen LogP contribution in [0.15, 0.2) is 0 Å². The number of hydrogen-bond donors (Lipinski definition) is 2. The standard InChI is InChI=1S/C4H8N2.C2HF3O2/c1-4(2-5)3-6;3-2(4,5)1(6)7/h4H,2,5H2,1H3;(H,6,7)/t4-;/m1./s1. The topological polar surface area (TPSA) is 87.1 Å². The van der Waals surface area contributed by atoms with Crippen LogP contribution in [-0.2, 0) is 4.79 Å². The molecule has 0 rings (SSSR count). The maximum absolute atomic E-state index is 10.6. The summed E-state index contributed by atoms with van der Waals surface area (Å²) in [5.41, 5.74) is 5.06. The minimum Gasteiger partial charge on any atom is -0.475 e. The van der Waals surface area contributed by atoms with Crippen LogP contribution >= 0.6 is 0 Å². The average Bonchev–Trinajstić information content (AvgIpc) is 2.02. The number of carboxylic acids is 1. The van der Waals surface area contributed by atoms with Crippen LogP contribution in [0.4, 0.5) is 13.2 Å². The number of nitriles is 1. The smallest absolute Gasteiger partial charge is 0.475 e. The highest BCUT2D eigenvalue weighted by Crippen LogP contribution is 2.13. The van der Waals surface area contributed by atoms with Gasteiger partial charge in [-0.3, -0.25) is 0 Å². The Labute approximate surface area is 72.8 Å². The Morgan fingerprint density at radius 1 is 1.69 bits per heavy atom. The molecule has 13 heavy (non-hydrogen) atoms. The molecule has 0 radical (unpaired) electrons. The zero-order chi connectivity index (χ0) is 11.1. The number of alkyl halides is 3. The third kappa shape index (κ3) is 10.7. The van der Waals surface area contributed by atoms with Gasteiger partial charge in [0.15, 0.2) is 0 Å². The van der Waals surface area contributed by atoms with Gasteiger partial charge in [-0.2, -0.15) is 18.4 Å². The van der Waals surface area contributed by atoms with Crippen molar-refractivity contribution in [3.63, 3.8) is 0 Å². The lowest BCUT2D eigenvalue weighted by Crippen LogP contribution is -2.21. The van der Waals surface area contributed by atoms with E-state index >= 15 is 0 Å². The van der Waals surface area contributed by atoms with Gasteiger partial charge in [-0.25, -0.2) is 4.79 Å². The third-order valence-corrected chi connectivity index (χ3v) is 0.816. The van der Waals surface area contributed by atoms with Crippen LogP contribution in [0.2, 0.25) is 0 Å². The molecule has 0 aliphatic heterocycles. The Hall–Kier alpha value is -1.29. The van der Waals surface area contributed by atoms with Gasteiger partial charge in [0.05, 0.1) is 12.0 Å². The van der Waals surface area contributed by atoms with Crippen molar-refractivity contribution < 1.29 is 23.1 Å². The molecule has 0 saturated carbocycles. The maximum atomic E-state index is 10.6. The van der Waals surface area contributed by atoms with Gasteiger partial charge in [-0.05, 0) is 6.92 Å². The monoisotopic (exact) mass is 198 g/mol. The molecule has 0 saturated heterocycles. The fourth-order valence-electron chi connectivity index (χ4n) is 0.0527. The summed E-state index contributed by atoms with van der Waals surface area (Å²) in [5.74, 6) is -2.74. The van der Waals surface area contributed by atoms with Gasteiger partial charge >= 0.3 is 12.1 Å². The lowest BCUT2D eigenvalue weighted by Gasteiger charge is -1.93. The highest BCUT2D eigenvalue weighted by Gasteiger charge is 2.38. The zero-order valence-corrected chi connectivity index (χ0v) is 6.80. The molecule has 0 bridgehead atoms. The zero-order valence-electron chi connectivity index (χ0n) is 6.80. The predicted octanol–water partition coefficient (Wildman–Crippen LogP) is 0.738. The number of aliphatic carboxylic acids is 1. The molecule has 0 aliphatic rings. The molecule has 0 spiro atoms. The normalized spacial score (nSPS) is 12.0. The summed E-state index contributed by atoms with van der Waals surface area (Å²) in [4.78, 5) is 8.90. The van der Waals surface area contributed by atoms with Crippen molar-refractivity contribution in [3.8, 4) is 6.07 Å². The van der Waals surface area contributed by atoms with Gasteiger partial charge in [-0.15, -0.1) is 0 Å². The van der Waals surface area contributed by atoms with Crippen LogP contribution in [0.3, 0.4) is 0 Å². The molecule has 0 aliphatic carbocycles. The molecule has 0 aromatic carbocycles. The largest absolute Gasteiger partial charge is 0.490 e. The molecule has 0 heterocycles. The quantitative estimate of drug-likeness (QED) is 0.650. The van der Waals surface area contributed by atoms with E-state index in [2.05, 4.69) is 0 Å². The molecule has 0 aromatic heterocycles. The molecule has 4 nitrogen and oxygen atoms in total. The van der Waals surface area contributed by atoms with Gasteiger partial charge in [-0.1, -0.05) is 0 Å². The van der Waals surface area contributed by atoms with Gasteiger partial charge < -0.3 is 10.8 Å². The first-order valence-electron chi connectivity index (χ1n) is 3.15. The van der Waals surface area contributed by atoms with Gasteiger partial charge in [0.25, 0.3) is 0 Å². The van der Waals surface area contributed by atoms with Crippen molar-refractivity contribution in [1.82, 2.24) is 0 Å². The molecule has 0 amide bonds. The van der Waals surface area contributed by atoms with Crippen molar-refractivity contribution in [3.05, 3.63) is 0 Å². The first kappa shape index (κ1) is 14.2. The molecule has 1 atom stereocenters. The predicted molar refractivity (Wildman–Crippen MR) is 37.5 cm³/mol. The minimum atomic E-state index is -5.08. The van der Waals surface area contributed by atoms with Crippen LogP contribution in [0.5, 0.6) is 0 Å². The van der Waals surface area contributed by atoms with Crippen LogP contribution < -0.4 is 5.73 Å². The second kappa shape index (κ2) is 6.25. The molecule has 7 heteroatoms. The van der Waals surface area contributed by atoms with Gasteiger partial charge in [0.2, 0.25) is 0 Å². The lowest BCUT2D eigenvalue weighted by molar-refractivity contribution is -0.192. The Bertz CT molecular complexity index is 197. The van der Waals surface area contributed by atoms with Crippen molar-refractivity contribution in [2.45, 2.75) is 13.1 Å². The van der Waals surface area contributed by atoms with E-state index in [4.69, 9.17) is 20.9 Å². The molecular weight excluding hydrogens is 189 g/mol. The number of hydrogen-bond acceptors (Lipinski definition) is 3. The number of halogens is 3. The van der Waals surface area contributed by atoms with E-state index in [9.17, 15) is 13.2 Å². The number of rotatable bonds is 1. The lowest BCUT2D eigenvalue weighted by atomic mass is 10.2. The van der Waals surface area contributed by atoms with E-state index in [0.29, 0.717) is 6.54 Å². The number of carboxylic acid groups (broad SMARTS) is 1. The summed E-state index contributed by atoms with van der Waals surface area (Å²) >= 11 is 0. The number of nitrogens with zero attached hydrogens (tertiary/aromatic N) is 1. The molecule has 0 aromatic rings. The van der Waals surface area contributed by atoms with E-state index in [-0.39, 0.29) is 5.92 Å². The van der Waals surface area contributed by atoms with Crippen molar-refractivity contribution >= 4 is 5.97 Å². The Balaban J connectivity index is 0. The molecule has 3 N–H and O–H groups in total. The summed E-state index contributed by atoms with van der Waals surface area (Å²) in [6.07, 6.45) is -5.08. The third-order valence-electron chi connectivity index (χ3n) is 0.816. The summed E-state index contributed by atoms with van der Waals surface area (Å²) in [5, 5.41) is 15.1. The van der Waals surface area contributed by atoms with Crippen LogP contribution in [0, 0.1) is 17.2 Å². The average molecular weight is 198 g/mol. The first-order valence-corrected chi connectivity index (χ1v) is 3.15. The van der Waals surface area contributed by atoms with Gasteiger partial charge in [0, 0.05) is 6.54 Å². The minimum absolute atomic E-state index is 0.0185. The first-order chi connectivity index (χ1) is 5.75. The van der Waals surface area contributed by atoms with E-state index in [0.717, 1.165) is 0 Å². The Morgan fingerprint density at radius 3 is 2.00 bits per heavy atom. The molecule has 0 fully saturated rings. The molecule has 0 unspecified atom stereocenters. The summed E-state index contributed by atoms with van der Waals surface area (Å²) in [6, 6.07) is 1.99. The summed E-state index contributed by atoms with van der Waals surface area (Å²) in [7, 11) is 0. The van der Waals surface area contributed by atoms with Crippen molar-refractivity contribution in [2.24, 2.45) is 11.7 Å². The van der Waals surface area contributed by atoms with E-state index in [1.807, 2.05) is 6.07 Å². The van der Waals surface area contributed by atoms with Gasteiger partial charge in [0.1, 0.15) is 0 Å². The Morgan fingerprint density at radius 2 is 2.00 bits per heavy atom. The second-order valence-corrected chi connectivity index (χ2v) is 2.07.